The third-order valence-corrected chi connectivity index (χ3v) is 3.18. The number of hydrogen-bond donors (Lipinski definition) is 2. The van der Waals surface area contributed by atoms with E-state index in [-0.39, 0.29) is 6.61 Å². The second-order valence-corrected chi connectivity index (χ2v) is 5.42. The highest BCUT2D eigenvalue weighted by atomic mass is 16.5. The number of nitriles is 1. The first-order chi connectivity index (χ1) is 9.54. The molecule has 0 spiro atoms. The Morgan fingerprint density at radius 3 is 2.80 bits per heavy atom. The lowest BCUT2D eigenvalue weighted by Gasteiger charge is -2.24. The summed E-state index contributed by atoms with van der Waals surface area (Å²) < 4.78 is 10.8. The minimum atomic E-state index is -0.943. The molecular formula is C15H20N2O3. The summed E-state index contributed by atoms with van der Waals surface area (Å²) in [6.07, 6.45) is 2.36. The standard InChI is InChI=1S/C15H20N2O3/c1-15(18,9-17-12-4-5-12)10-20-13-6-3-11(8-16)7-14(13)19-2/h3,6-7,12,17-18H,4-5,9-10H2,1-2H3. The van der Waals surface area contributed by atoms with E-state index in [1.165, 1.54) is 20.0 Å². The molecule has 20 heavy (non-hydrogen) atoms. The zero-order valence-corrected chi connectivity index (χ0v) is 11.8. The molecule has 0 heterocycles. The molecule has 0 aromatic heterocycles. The van der Waals surface area contributed by atoms with Crippen LogP contribution in [0.25, 0.3) is 0 Å². The van der Waals surface area contributed by atoms with E-state index < -0.39 is 5.60 Å². The van der Waals surface area contributed by atoms with Gasteiger partial charge in [-0.3, -0.25) is 0 Å². The summed E-state index contributed by atoms with van der Waals surface area (Å²) in [5.74, 6) is 1.02. The van der Waals surface area contributed by atoms with Crippen LogP contribution in [-0.4, -0.2) is 37.0 Å². The van der Waals surface area contributed by atoms with Gasteiger partial charge in [0.15, 0.2) is 11.5 Å². The minimum absolute atomic E-state index is 0.162. The van der Waals surface area contributed by atoms with E-state index in [1.807, 2.05) is 6.07 Å². The molecular weight excluding hydrogens is 256 g/mol. The molecule has 0 amide bonds. The van der Waals surface area contributed by atoms with Gasteiger partial charge in [0, 0.05) is 18.7 Å². The summed E-state index contributed by atoms with van der Waals surface area (Å²) >= 11 is 0. The highest BCUT2D eigenvalue weighted by molar-refractivity contribution is 5.46. The van der Waals surface area contributed by atoms with E-state index >= 15 is 0 Å². The van der Waals surface area contributed by atoms with E-state index in [0.717, 1.165) is 0 Å². The molecule has 1 unspecified atom stereocenters. The highest BCUT2D eigenvalue weighted by Crippen LogP contribution is 2.28. The van der Waals surface area contributed by atoms with Crippen molar-refractivity contribution in [2.45, 2.75) is 31.4 Å². The third kappa shape index (κ3) is 4.12. The summed E-state index contributed by atoms with van der Waals surface area (Å²) in [5, 5.41) is 22.4. The molecule has 1 aromatic rings. The Balaban J connectivity index is 1.93. The second kappa shape index (κ2) is 6.12. The van der Waals surface area contributed by atoms with Crippen LogP contribution < -0.4 is 14.8 Å². The van der Waals surface area contributed by atoms with Gasteiger partial charge in [-0.05, 0) is 31.9 Å². The predicted molar refractivity (Wildman–Crippen MR) is 74.9 cm³/mol. The molecule has 1 fully saturated rings. The van der Waals surface area contributed by atoms with E-state index in [0.29, 0.717) is 29.6 Å². The maximum atomic E-state index is 10.2. The van der Waals surface area contributed by atoms with E-state index in [9.17, 15) is 5.11 Å². The lowest BCUT2D eigenvalue weighted by Crippen LogP contribution is -2.43. The maximum absolute atomic E-state index is 10.2. The Bertz CT molecular complexity index is 504. The molecule has 0 saturated heterocycles. The molecule has 0 radical (unpaired) electrons. The van der Waals surface area contributed by atoms with Gasteiger partial charge in [0.2, 0.25) is 0 Å². The largest absolute Gasteiger partial charge is 0.493 e. The van der Waals surface area contributed by atoms with Gasteiger partial charge >= 0.3 is 0 Å². The first-order valence-corrected chi connectivity index (χ1v) is 6.71. The average molecular weight is 276 g/mol. The summed E-state index contributed by atoms with van der Waals surface area (Å²) in [7, 11) is 1.52. The second-order valence-electron chi connectivity index (χ2n) is 5.42. The van der Waals surface area contributed by atoms with Crippen molar-refractivity contribution < 1.29 is 14.6 Å². The van der Waals surface area contributed by atoms with Crippen LogP contribution in [0, 0.1) is 11.3 Å². The first-order valence-electron chi connectivity index (χ1n) is 6.71. The molecule has 1 saturated carbocycles. The van der Waals surface area contributed by atoms with Crippen molar-refractivity contribution in [2.75, 3.05) is 20.3 Å². The van der Waals surface area contributed by atoms with Crippen LogP contribution in [-0.2, 0) is 0 Å². The topological polar surface area (TPSA) is 74.5 Å². The average Bonchev–Trinajstić information content (AvgIpc) is 3.27. The molecule has 1 aromatic carbocycles. The van der Waals surface area contributed by atoms with Gasteiger partial charge in [-0.15, -0.1) is 0 Å². The Morgan fingerprint density at radius 1 is 1.45 bits per heavy atom. The molecule has 2 rings (SSSR count). The highest BCUT2D eigenvalue weighted by Gasteiger charge is 2.27. The lowest BCUT2D eigenvalue weighted by atomic mass is 10.1. The van der Waals surface area contributed by atoms with Gasteiger partial charge in [-0.25, -0.2) is 0 Å². The van der Waals surface area contributed by atoms with E-state index in [2.05, 4.69) is 5.32 Å². The van der Waals surface area contributed by atoms with Crippen LogP contribution in [0.1, 0.15) is 25.3 Å². The fourth-order valence-electron chi connectivity index (χ4n) is 1.79. The van der Waals surface area contributed by atoms with Crippen molar-refractivity contribution in [2.24, 2.45) is 0 Å². The SMILES string of the molecule is COc1cc(C#N)ccc1OCC(C)(O)CNC1CC1. The quantitative estimate of drug-likeness (QED) is 0.788. The van der Waals surface area contributed by atoms with Crippen LogP contribution in [0.4, 0.5) is 0 Å². The number of rotatable bonds is 7. The smallest absolute Gasteiger partial charge is 0.162 e. The van der Waals surface area contributed by atoms with Crippen molar-refractivity contribution in [1.29, 1.82) is 5.26 Å². The van der Waals surface area contributed by atoms with Crippen molar-refractivity contribution in [3.05, 3.63) is 23.8 Å². The number of benzene rings is 1. The van der Waals surface area contributed by atoms with Gasteiger partial charge in [0.25, 0.3) is 0 Å². The number of nitrogens with zero attached hydrogens (tertiary/aromatic N) is 1. The number of methoxy groups -OCH3 is 1. The third-order valence-electron chi connectivity index (χ3n) is 3.18. The first kappa shape index (κ1) is 14.6. The number of hydrogen-bond acceptors (Lipinski definition) is 5. The lowest BCUT2D eigenvalue weighted by molar-refractivity contribution is 0.0113. The van der Waals surface area contributed by atoms with Gasteiger partial charge in [-0.2, -0.15) is 5.26 Å². The monoisotopic (exact) mass is 276 g/mol. The fraction of sp³-hybridized carbons (Fsp3) is 0.533. The Labute approximate surface area is 119 Å². The van der Waals surface area contributed by atoms with Crippen molar-refractivity contribution >= 4 is 0 Å². The molecule has 108 valence electrons. The van der Waals surface area contributed by atoms with Gasteiger partial charge in [0.1, 0.15) is 12.2 Å². The Hall–Kier alpha value is -1.77. The zero-order valence-electron chi connectivity index (χ0n) is 11.8. The normalized spacial score (nSPS) is 17.1. The molecule has 1 aliphatic carbocycles. The van der Waals surface area contributed by atoms with Gasteiger partial charge < -0.3 is 19.9 Å². The van der Waals surface area contributed by atoms with Crippen LogP contribution in [0.15, 0.2) is 18.2 Å². The number of nitrogens with one attached hydrogen (secondary N) is 1. The van der Waals surface area contributed by atoms with Crippen molar-refractivity contribution in [1.82, 2.24) is 5.32 Å². The summed E-state index contributed by atoms with van der Waals surface area (Å²) in [4.78, 5) is 0. The maximum Gasteiger partial charge on any atom is 0.162 e. The van der Waals surface area contributed by atoms with Crippen molar-refractivity contribution in [3.8, 4) is 17.6 Å². The number of aliphatic hydroxyl groups is 1. The minimum Gasteiger partial charge on any atom is -0.493 e. The van der Waals surface area contributed by atoms with Gasteiger partial charge in [0.05, 0.1) is 18.7 Å². The zero-order chi connectivity index (χ0) is 14.6. The molecule has 2 N–H and O–H groups in total. The summed E-state index contributed by atoms with van der Waals surface area (Å²) in [6.45, 7) is 2.39. The van der Waals surface area contributed by atoms with Crippen LogP contribution in [0.2, 0.25) is 0 Å². The predicted octanol–water partition coefficient (Wildman–Crippen LogP) is 1.45. The fourth-order valence-corrected chi connectivity index (χ4v) is 1.79. The molecule has 0 aliphatic heterocycles. The van der Waals surface area contributed by atoms with Crippen LogP contribution >= 0.6 is 0 Å². The summed E-state index contributed by atoms with van der Waals surface area (Å²) in [5.41, 5.74) is -0.432. The Kier molecular flexibility index (Phi) is 4.48. The molecule has 1 atom stereocenters. The molecule has 5 nitrogen and oxygen atoms in total. The van der Waals surface area contributed by atoms with E-state index in [1.54, 1.807) is 25.1 Å². The summed E-state index contributed by atoms with van der Waals surface area (Å²) in [6, 6.07) is 7.55. The van der Waals surface area contributed by atoms with Crippen LogP contribution in [0.5, 0.6) is 11.5 Å². The van der Waals surface area contributed by atoms with Crippen LogP contribution in [0.3, 0.4) is 0 Å². The molecule has 0 bridgehead atoms. The molecule has 5 heteroatoms. The number of ether oxygens (including phenoxy) is 2. The van der Waals surface area contributed by atoms with Crippen molar-refractivity contribution in [3.63, 3.8) is 0 Å². The van der Waals surface area contributed by atoms with Gasteiger partial charge in [-0.1, -0.05) is 0 Å². The molecule has 1 aliphatic rings. The Morgan fingerprint density at radius 2 is 2.20 bits per heavy atom. The van der Waals surface area contributed by atoms with E-state index in [4.69, 9.17) is 14.7 Å².